The van der Waals surface area contributed by atoms with E-state index in [2.05, 4.69) is 0 Å². The van der Waals surface area contributed by atoms with Crippen LogP contribution in [-0.2, 0) is 11.2 Å². The Morgan fingerprint density at radius 3 is 2.70 bits per heavy atom. The van der Waals surface area contributed by atoms with Gasteiger partial charge in [0.15, 0.2) is 0 Å². The average molecular weight is 271 g/mol. The number of benzene rings is 2. The van der Waals surface area contributed by atoms with Crippen molar-refractivity contribution in [2.75, 3.05) is 7.11 Å². The fourth-order valence-corrected chi connectivity index (χ4v) is 2.09. The summed E-state index contributed by atoms with van der Waals surface area (Å²) in [6.45, 7) is 0. The zero-order valence-corrected chi connectivity index (χ0v) is 11.2. The Kier molecular flexibility index (Phi) is 4.38. The van der Waals surface area contributed by atoms with Gasteiger partial charge in [-0.15, -0.1) is 0 Å². The summed E-state index contributed by atoms with van der Waals surface area (Å²) in [5.41, 5.74) is 8.42. The third-order valence-corrected chi connectivity index (χ3v) is 3.12. The van der Waals surface area contributed by atoms with E-state index in [0.717, 1.165) is 22.4 Å². The number of hydrogen-bond donors (Lipinski definition) is 2. The van der Waals surface area contributed by atoms with Crippen LogP contribution >= 0.6 is 0 Å². The molecule has 104 valence electrons. The van der Waals surface area contributed by atoms with Crippen molar-refractivity contribution in [2.24, 2.45) is 5.73 Å². The highest BCUT2D eigenvalue weighted by Crippen LogP contribution is 2.30. The van der Waals surface area contributed by atoms with Crippen LogP contribution in [0.1, 0.15) is 5.56 Å². The van der Waals surface area contributed by atoms with Crippen LogP contribution in [0.25, 0.3) is 11.1 Å². The van der Waals surface area contributed by atoms with Gasteiger partial charge in [0.1, 0.15) is 11.8 Å². The highest BCUT2D eigenvalue weighted by Gasteiger charge is 2.13. The van der Waals surface area contributed by atoms with Crippen molar-refractivity contribution in [2.45, 2.75) is 12.5 Å². The molecule has 0 aliphatic rings. The first-order valence-corrected chi connectivity index (χ1v) is 6.32. The van der Waals surface area contributed by atoms with E-state index in [-0.39, 0.29) is 0 Å². The van der Waals surface area contributed by atoms with E-state index < -0.39 is 12.0 Å². The maximum absolute atomic E-state index is 10.8. The third kappa shape index (κ3) is 3.16. The van der Waals surface area contributed by atoms with E-state index in [4.69, 9.17) is 15.6 Å². The molecular formula is C16H17NO3. The average Bonchev–Trinajstić information content (AvgIpc) is 2.47. The van der Waals surface area contributed by atoms with E-state index in [9.17, 15) is 4.79 Å². The molecule has 20 heavy (non-hydrogen) atoms. The summed E-state index contributed by atoms with van der Waals surface area (Å²) in [6.07, 6.45) is 0.304. The van der Waals surface area contributed by atoms with Crippen LogP contribution in [0.15, 0.2) is 48.5 Å². The number of rotatable bonds is 5. The molecule has 0 fully saturated rings. The summed E-state index contributed by atoms with van der Waals surface area (Å²) in [5.74, 6) is -0.208. The molecule has 2 aromatic carbocycles. The number of carbonyl (C=O) groups is 1. The normalized spacial score (nSPS) is 11.9. The number of nitrogens with two attached hydrogens (primary N) is 1. The lowest BCUT2D eigenvalue weighted by Gasteiger charge is -2.11. The van der Waals surface area contributed by atoms with Gasteiger partial charge in [-0.25, -0.2) is 0 Å². The molecule has 0 bridgehead atoms. The zero-order valence-electron chi connectivity index (χ0n) is 11.2. The minimum absolute atomic E-state index is 0.304. The maximum Gasteiger partial charge on any atom is 0.320 e. The molecule has 0 aliphatic carbocycles. The molecule has 0 saturated heterocycles. The smallest absolute Gasteiger partial charge is 0.320 e. The Balaban J connectivity index is 2.32. The van der Waals surface area contributed by atoms with Gasteiger partial charge in [-0.05, 0) is 23.6 Å². The molecule has 0 amide bonds. The number of hydrogen-bond acceptors (Lipinski definition) is 3. The minimum atomic E-state index is -0.993. The van der Waals surface area contributed by atoms with Gasteiger partial charge in [0.05, 0.1) is 7.11 Å². The van der Waals surface area contributed by atoms with Gasteiger partial charge >= 0.3 is 5.97 Å². The molecule has 0 aliphatic heterocycles. The standard InChI is InChI=1S/C16H17NO3/c1-20-15-8-3-2-7-13(15)12-6-4-5-11(9-12)10-14(17)16(18)19/h2-9,14H,10,17H2,1H3,(H,18,19). The van der Waals surface area contributed by atoms with Crippen molar-refractivity contribution >= 4 is 5.97 Å². The zero-order chi connectivity index (χ0) is 14.5. The van der Waals surface area contributed by atoms with Crippen LogP contribution in [0.5, 0.6) is 5.75 Å². The van der Waals surface area contributed by atoms with Gasteiger partial charge in [-0.3, -0.25) is 4.79 Å². The van der Waals surface area contributed by atoms with Crippen molar-refractivity contribution < 1.29 is 14.6 Å². The molecule has 0 aromatic heterocycles. The quantitative estimate of drug-likeness (QED) is 0.875. The molecule has 1 atom stereocenters. The fourth-order valence-electron chi connectivity index (χ4n) is 2.09. The summed E-state index contributed by atoms with van der Waals surface area (Å²) in [5, 5.41) is 8.87. The van der Waals surface area contributed by atoms with Gasteiger partial charge in [0.25, 0.3) is 0 Å². The Morgan fingerprint density at radius 2 is 2.00 bits per heavy atom. The highest BCUT2D eigenvalue weighted by molar-refractivity contribution is 5.74. The number of ether oxygens (including phenoxy) is 1. The lowest BCUT2D eigenvalue weighted by Crippen LogP contribution is -2.32. The van der Waals surface area contributed by atoms with Gasteiger partial charge < -0.3 is 15.6 Å². The van der Waals surface area contributed by atoms with E-state index in [0.29, 0.717) is 6.42 Å². The molecule has 0 saturated carbocycles. The number of carboxylic acids is 1. The molecule has 0 spiro atoms. The fraction of sp³-hybridized carbons (Fsp3) is 0.188. The summed E-state index contributed by atoms with van der Waals surface area (Å²) >= 11 is 0. The van der Waals surface area contributed by atoms with Crippen molar-refractivity contribution in [1.82, 2.24) is 0 Å². The number of methoxy groups -OCH3 is 1. The molecule has 1 unspecified atom stereocenters. The molecule has 0 radical (unpaired) electrons. The summed E-state index contributed by atoms with van der Waals surface area (Å²) in [7, 11) is 1.63. The largest absolute Gasteiger partial charge is 0.496 e. The van der Waals surface area contributed by atoms with Crippen molar-refractivity contribution in [3.05, 3.63) is 54.1 Å². The minimum Gasteiger partial charge on any atom is -0.496 e. The SMILES string of the molecule is COc1ccccc1-c1cccc(CC(N)C(=O)O)c1. The van der Waals surface area contributed by atoms with Crippen LogP contribution < -0.4 is 10.5 Å². The molecule has 4 heteroatoms. The Hall–Kier alpha value is -2.33. The van der Waals surface area contributed by atoms with Crippen molar-refractivity contribution in [3.8, 4) is 16.9 Å². The Labute approximate surface area is 117 Å². The number of aliphatic carboxylic acids is 1. The van der Waals surface area contributed by atoms with Crippen LogP contribution in [0.4, 0.5) is 0 Å². The van der Waals surface area contributed by atoms with Gasteiger partial charge in [0.2, 0.25) is 0 Å². The van der Waals surface area contributed by atoms with E-state index >= 15 is 0 Å². The summed E-state index contributed by atoms with van der Waals surface area (Å²) < 4.78 is 5.34. The molecule has 2 rings (SSSR count). The monoisotopic (exact) mass is 271 g/mol. The first kappa shape index (κ1) is 14.1. The first-order chi connectivity index (χ1) is 9.61. The van der Waals surface area contributed by atoms with E-state index in [1.807, 2.05) is 48.5 Å². The van der Waals surface area contributed by atoms with Crippen molar-refractivity contribution in [1.29, 1.82) is 0 Å². The predicted molar refractivity (Wildman–Crippen MR) is 77.7 cm³/mol. The van der Waals surface area contributed by atoms with Crippen LogP contribution in [0, 0.1) is 0 Å². The van der Waals surface area contributed by atoms with Gasteiger partial charge in [0, 0.05) is 5.56 Å². The molecule has 2 aromatic rings. The van der Waals surface area contributed by atoms with E-state index in [1.54, 1.807) is 7.11 Å². The van der Waals surface area contributed by atoms with Gasteiger partial charge in [-0.2, -0.15) is 0 Å². The van der Waals surface area contributed by atoms with Crippen LogP contribution in [0.2, 0.25) is 0 Å². The first-order valence-electron chi connectivity index (χ1n) is 6.32. The molecular weight excluding hydrogens is 254 g/mol. The van der Waals surface area contributed by atoms with Crippen molar-refractivity contribution in [3.63, 3.8) is 0 Å². The molecule has 0 heterocycles. The number of para-hydroxylation sites is 1. The Morgan fingerprint density at radius 1 is 1.25 bits per heavy atom. The van der Waals surface area contributed by atoms with Crippen LogP contribution in [-0.4, -0.2) is 24.2 Å². The molecule has 3 N–H and O–H groups in total. The topological polar surface area (TPSA) is 72.5 Å². The highest BCUT2D eigenvalue weighted by atomic mass is 16.5. The second-order valence-electron chi connectivity index (χ2n) is 4.55. The Bertz CT molecular complexity index is 610. The molecule has 4 nitrogen and oxygen atoms in total. The van der Waals surface area contributed by atoms with Gasteiger partial charge in [-0.1, -0.05) is 42.5 Å². The summed E-state index contributed by atoms with van der Waals surface area (Å²) in [4.78, 5) is 10.8. The second kappa shape index (κ2) is 6.21. The second-order valence-corrected chi connectivity index (χ2v) is 4.55. The number of carboxylic acid groups (broad SMARTS) is 1. The lowest BCUT2D eigenvalue weighted by molar-refractivity contribution is -0.138. The third-order valence-electron chi connectivity index (χ3n) is 3.12. The lowest BCUT2D eigenvalue weighted by atomic mass is 9.99. The summed E-state index contributed by atoms with van der Waals surface area (Å²) in [6, 6.07) is 14.5. The maximum atomic E-state index is 10.8. The predicted octanol–water partition coefficient (Wildman–Crippen LogP) is 2.32. The van der Waals surface area contributed by atoms with Crippen LogP contribution in [0.3, 0.4) is 0 Å². The van der Waals surface area contributed by atoms with E-state index in [1.165, 1.54) is 0 Å².